The number of fused-ring (bicyclic) bond motifs is 2. The molecule has 1 aliphatic heterocycles. The standard InChI is InChI=1S/C13H12N2O2/c14-8-12-13-11(6-3-7-15-13)16-9-4-1-2-5-10(9)17-12/h1-7,12H,8,14H2. The molecule has 0 fully saturated rings. The van der Waals surface area contributed by atoms with Gasteiger partial charge in [0.25, 0.3) is 0 Å². The summed E-state index contributed by atoms with van der Waals surface area (Å²) in [6, 6.07) is 11.2. The molecule has 1 aromatic heterocycles. The van der Waals surface area contributed by atoms with Gasteiger partial charge >= 0.3 is 0 Å². The van der Waals surface area contributed by atoms with Crippen LogP contribution in [0, 0.1) is 0 Å². The fourth-order valence-corrected chi connectivity index (χ4v) is 1.85. The van der Waals surface area contributed by atoms with Gasteiger partial charge in [-0.05, 0) is 24.3 Å². The van der Waals surface area contributed by atoms with Gasteiger partial charge in [0.15, 0.2) is 23.4 Å². The Labute approximate surface area is 99.0 Å². The highest BCUT2D eigenvalue weighted by molar-refractivity contribution is 5.46. The van der Waals surface area contributed by atoms with Crippen LogP contribution in [0.4, 0.5) is 0 Å². The molecule has 2 N–H and O–H groups in total. The lowest BCUT2D eigenvalue weighted by Crippen LogP contribution is -2.18. The topological polar surface area (TPSA) is 57.4 Å². The van der Waals surface area contributed by atoms with E-state index in [1.807, 2.05) is 36.4 Å². The van der Waals surface area contributed by atoms with E-state index in [2.05, 4.69) is 4.98 Å². The summed E-state index contributed by atoms with van der Waals surface area (Å²) in [4.78, 5) is 4.28. The van der Waals surface area contributed by atoms with Gasteiger partial charge in [0.2, 0.25) is 0 Å². The quantitative estimate of drug-likeness (QED) is 0.813. The van der Waals surface area contributed by atoms with E-state index in [1.165, 1.54) is 0 Å². The summed E-state index contributed by atoms with van der Waals surface area (Å²) in [7, 11) is 0. The number of ether oxygens (including phenoxy) is 2. The summed E-state index contributed by atoms with van der Waals surface area (Å²) in [5.41, 5.74) is 6.47. The molecule has 2 heterocycles. The second-order valence-electron chi connectivity index (χ2n) is 3.78. The Morgan fingerprint density at radius 3 is 2.65 bits per heavy atom. The number of nitrogens with zero attached hydrogens (tertiary/aromatic N) is 1. The molecule has 0 bridgehead atoms. The van der Waals surface area contributed by atoms with Crippen LogP contribution in [0.2, 0.25) is 0 Å². The summed E-state index contributed by atoms with van der Waals surface area (Å²) >= 11 is 0. The minimum absolute atomic E-state index is 0.269. The Bertz CT molecular complexity index is 542. The van der Waals surface area contributed by atoms with Crippen LogP contribution in [0.25, 0.3) is 0 Å². The fourth-order valence-electron chi connectivity index (χ4n) is 1.85. The van der Waals surface area contributed by atoms with Gasteiger partial charge in [0.05, 0.1) is 0 Å². The first kappa shape index (κ1) is 10.1. The molecule has 1 unspecified atom stereocenters. The van der Waals surface area contributed by atoms with Crippen molar-refractivity contribution in [3.63, 3.8) is 0 Å². The third kappa shape index (κ3) is 1.72. The summed E-state index contributed by atoms with van der Waals surface area (Å²) in [6.07, 6.45) is 1.44. The summed E-state index contributed by atoms with van der Waals surface area (Å²) < 4.78 is 11.6. The van der Waals surface area contributed by atoms with Gasteiger partial charge in [-0.15, -0.1) is 0 Å². The van der Waals surface area contributed by atoms with Crippen molar-refractivity contribution < 1.29 is 9.47 Å². The summed E-state index contributed by atoms with van der Waals surface area (Å²) in [5.74, 6) is 2.09. The highest BCUT2D eigenvalue weighted by Crippen LogP contribution is 2.40. The van der Waals surface area contributed by atoms with Crippen molar-refractivity contribution >= 4 is 0 Å². The SMILES string of the molecule is NCC1Oc2ccccc2Oc2cccnc21. The molecular weight excluding hydrogens is 216 g/mol. The van der Waals surface area contributed by atoms with Crippen molar-refractivity contribution in [3.05, 3.63) is 48.3 Å². The minimum atomic E-state index is -0.269. The molecule has 1 aliphatic rings. The number of benzene rings is 1. The van der Waals surface area contributed by atoms with Crippen LogP contribution < -0.4 is 15.2 Å². The summed E-state index contributed by atoms with van der Waals surface area (Å²) in [5, 5.41) is 0. The van der Waals surface area contributed by atoms with Crippen molar-refractivity contribution in [2.24, 2.45) is 5.73 Å². The summed E-state index contributed by atoms with van der Waals surface area (Å²) in [6.45, 7) is 0.363. The number of hydrogen-bond acceptors (Lipinski definition) is 4. The number of rotatable bonds is 1. The van der Waals surface area contributed by atoms with Crippen molar-refractivity contribution in [2.75, 3.05) is 6.54 Å². The van der Waals surface area contributed by atoms with E-state index in [-0.39, 0.29) is 6.10 Å². The molecule has 4 nitrogen and oxygen atoms in total. The lowest BCUT2D eigenvalue weighted by atomic mass is 10.2. The van der Waals surface area contributed by atoms with E-state index in [9.17, 15) is 0 Å². The van der Waals surface area contributed by atoms with Gasteiger partial charge in [-0.2, -0.15) is 0 Å². The van der Waals surface area contributed by atoms with Crippen LogP contribution in [0.3, 0.4) is 0 Å². The average Bonchev–Trinajstić information content (AvgIpc) is 2.54. The lowest BCUT2D eigenvalue weighted by molar-refractivity contribution is 0.212. The Balaban J connectivity index is 2.13. The Morgan fingerprint density at radius 1 is 1.06 bits per heavy atom. The molecule has 0 saturated carbocycles. The van der Waals surface area contributed by atoms with Crippen LogP contribution in [-0.4, -0.2) is 11.5 Å². The van der Waals surface area contributed by atoms with Crippen LogP contribution in [0.15, 0.2) is 42.6 Å². The molecule has 2 aromatic rings. The van der Waals surface area contributed by atoms with Crippen LogP contribution in [-0.2, 0) is 0 Å². The predicted octanol–water partition coefficient (Wildman–Crippen LogP) is 2.27. The van der Waals surface area contributed by atoms with Crippen molar-refractivity contribution in [3.8, 4) is 17.2 Å². The van der Waals surface area contributed by atoms with Crippen molar-refractivity contribution in [2.45, 2.75) is 6.10 Å². The lowest BCUT2D eigenvalue weighted by Gasteiger charge is -2.14. The maximum atomic E-state index is 5.82. The van der Waals surface area contributed by atoms with Gasteiger partial charge in [0, 0.05) is 12.7 Å². The Hall–Kier alpha value is -2.07. The zero-order valence-corrected chi connectivity index (χ0v) is 9.17. The number of para-hydroxylation sites is 2. The monoisotopic (exact) mass is 228 g/mol. The third-order valence-corrected chi connectivity index (χ3v) is 2.66. The molecule has 0 saturated heterocycles. The molecule has 1 atom stereocenters. The van der Waals surface area contributed by atoms with Gasteiger partial charge in [0.1, 0.15) is 5.69 Å². The second-order valence-corrected chi connectivity index (χ2v) is 3.78. The largest absolute Gasteiger partial charge is 0.479 e. The molecule has 3 rings (SSSR count). The first-order valence-corrected chi connectivity index (χ1v) is 5.47. The molecule has 4 heteroatoms. The highest BCUT2D eigenvalue weighted by atomic mass is 16.5. The maximum Gasteiger partial charge on any atom is 0.169 e. The zero-order chi connectivity index (χ0) is 11.7. The van der Waals surface area contributed by atoms with Gasteiger partial charge < -0.3 is 15.2 Å². The zero-order valence-electron chi connectivity index (χ0n) is 9.17. The van der Waals surface area contributed by atoms with E-state index in [0.717, 1.165) is 5.69 Å². The molecule has 0 spiro atoms. The molecule has 17 heavy (non-hydrogen) atoms. The van der Waals surface area contributed by atoms with Crippen LogP contribution in [0.1, 0.15) is 11.8 Å². The number of nitrogens with two attached hydrogens (primary N) is 1. The molecular formula is C13H12N2O2. The van der Waals surface area contributed by atoms with Crippen LogP contribution >= 0.6 is 0 Å². The number of hydrogen-bond donors (Lipinski definition) is 1. The van der Waals surface area contributed by atoms with E-state index in [4.69, 9.17) is 15.2 Å². The fraction of sp³-hybridized carbons (Fsp3) is 0.154. The number of pyridine rings is 1. The third-order valence-electron chi connectivity index (χ3n) is 2.66. The second kappa shape index (κ2) is 4.07. The first-order chi connectivity index (χ1) is 8.38. The smallest absolute Gasteiger partial charge is 0.169 e. The Morgan fingerprint density at radius 2 is 1.82 bits per heavy atom. The average molecular weight is 228 g/mol. The van der Waals surface area contributed by atoms with E-state index in [0.29, 0.717) is 23.8 Å². The molecule has 0 amide bonds. The molecule has 0 radical (unpaired) electrons. The first-order valence-electron chi connectivity index (χ1n) is 5.47. The molecule has 86 valence electrons. The van der Waals surface area contributed by atoms with E-state index < -0.39 is 0 Å². The van der Waals surface area contributed by atoms with Crippen molar-refractivity contribution in [1.82, 2.24) is 4.98 Å². The predicted molar refractivity (Wildman–Crippen MR) is 63.2 cm³/mol. The van der Waals surface area contributed by atoms with E-state index >= 15 is 0 Å². The Kier molecular flexibility index (Phi) is 2.42. The number of aromatic nitrogens is 1. The minimum Gasteiger partial charge on any atom is -0.479 e. The van der Waals surface area contributed by atoms with E-state index in [1.54, 1.807) is 6.20 Å². The van der Waals surface area contributed by atoms with Gasteiger partial charge in [-0.25, -0.2) is 0 Å². The maximum absolute atomic E-state index is 5.82. The molecule has 1 aromatic carbocycles. The van der Waals surface area contributed by atoms with Gasteiger partial charge in [-0.3, -0.25) is 4.98 Å². The highest BCUT2D eigenvalue weighted by Gasteiger charge is 2.24. The molecule has 0 aliphatic carbocycles. The van der Waals surface area contributed by atoms with Crippen molar-refractivity contribution in [1.29, 1.82) is 0 Å². The normalized spacial score (nSPS) is 17.1. The van der Waals surface area contributed by atoms with Gasteiger partial charge in [-0.1, -0.05) is 12.1 Å². The van der Waals surface area contributed by atoms with Crippen LogP contribution in [0.5, 0.6) is 17.2 Å².